The number of halogens is 3. The van der Waals surface area contributed by atoms with Gasteiger partial charge in [-0.2, -0.15) is 0 Å². The van der Waals surface area contributed by atoms with E-state index in [0.717, 1.165) is 12.1 Å². The van der Waals surface area contributed by atoms with E-state index in [4.69, 9.17) is 21.1 Å². The Morgan fingerprint density at radius 2 is 1.93 bits per heavy atom. The maximum absolute atomic E-state index is 14.8. The maximum Gasteiger partial charge on any atom is 0.411 e. The van der Waals surface area contributed by atoms with Crippen molar-refractivity contribution in [3.63, 3.8) is 0 Å². The van der Waals surface area contributed by atoms with Crippen molar-refractivity contribution in [2.45, 2.75) is 44.8 Å². The minimum atomic E-state index is -1.15. The van der Waals surface area contributed by atoms with Crippen LogP contribution in [-0.4, -0.2) is 48.7 Å². The van der Waals surface area contributed by atoms with Gasteiger partial charge in [0.2, 0.25) is 11.8 Å². The lowest BCUT2D eigenvalue weighted by Crippen LogP contribution is -2.42. The van der Waals surface area contributed by atoms with Crippen LogP contribution in [0.25, 0.3) is 11.1 Å². The second-order valence-corrected chi connectivity index (χ2v) is 11.1. The predicted octanol–water partition coefficient (Wildman–Crippen LogP) is 7.25. The highest BCUT2D eigenvalue weighted by Crippen LogP contribution is 2.42. The van der Waals surface area contributed by atoms with E-state index in [0.29, 0.717) is 53.2 Å². The van der Waals surface area contributed by atoms with Crippen LogP contribution in [0.4, 0.5) is 29.7 Å². The number of benzene rings is 2. The number of rotatable bonds is 4. The largest absolute Gasteiger partial charge is 0.481 e. The molecule has 2 aromatic carbocycles. The average molecular weight is 629 g/mol. The quantitative estimate of drug-likeness (QED) is 0.292. The molecule has 0 radical (unpaired) electrons. The first kappa shape index (κ1) is 31.0. The molecule has 2 unspecified atom stereocenters. The number of fused-ring (bicyclic) bond motifs is 4. The van der Waals surface area contributed by atoms with E-state index in [1.165, 1.54) is 19.1 Å². The summed E-state index contributed by atoms with van der Waals surface area (Å²) >= 11 is 5.88. The third-order valence-electron chi connectivity index (χ3n) is 7.90. The Labute approximate surface area is 257 Å². The van der Waals surface area contributed by atoms with Crippen LogP contribution in [0.2, 0.25) is 5.02 Å². The molecule has 2 aliphatic rings. The lowest BCUT2D eigenvalue weighted by molar-refractivity contribution is -0.119. The number of anilines is 2. The molecule has 2 bridgehead atoms. The molecule has 3 atom stereocenters. The number of cyclic esters (lactones) is 1. The summed E-state index contributed by atoms with van der Waals surface area (Å²) in [6.07, 6.45) is 0.615. The number of nitrogens with zero attached hydrogens (tertiary/aromatic N) is 2. The normalized spacial score (nSPS) is 20.3. The van der Waals surface area contributed by atoms with Crippen LogP contribution in [0.3, 0.4) is 0 Å². The number of hydrogen-bond acceptors (Lipinski definition) is 7. The highest BCUT2D eigenvalue weighted by atomic mass is 35.5. The van der Waals surface area contributed by atoms with E-state index < -0.39 is 36.0 Å². The molecular weight excluding hydrogens is 598 g/mol. The number of ether oxygens (including phenoxy) is 3. The minimum Gasteiger partial charge on any atom is -0.481 e. The van der Waals surface area contributed by atoms with Crippen molar-refractivity contribution >= 4 is 41.1 Å². The third kappa shape index (κ3) is 6.26. The van der Waals surface area contributed by atoms with Crippen LogP contribution in [0, 0.1) is 17.6 Å². The lowest BCUT2D eigenvalue weighted by Gasteiger charge is -2.38. The number of carbonyl (C=O) groups excluding carboxylic acids is 3. The molecule has 44 heavy (non-hydrogen) atoms. The second-order valence-electron chi connectivity index (χ2n) is 10.6. The van der Waals surface area contributed by atoms with Crippen LogP contribution < -0.4 is 15.4 Å². The zero-order valence-electron chi connectivity index (χ0n) is 24.3. The Morgan fingerprint density at radius 1 is 1.14 bits per heavy atom. The van der Waals surface area contributed by atoms with Crippen LogP contribution in [-0.2, 0) is 14.3 Å². The van der Waals surface area contributed by atoms with Gasteiger partial charge in [0, 0.05) is 47.5 Å². The molecule has 0 saturated carbocycles. The highest BCUT2D eigenvalue weighted by Gasteiger charge is 2.38. The molecule has 3 amide bonds. The molecule has 2 N–H and O–H groups in total. The molecule has 5 rings (SSSR count). The predicted molar refractivity (Wildman–Crippen MR) is 159 cm³/mol. The lowest BCUT2D eigenvalue weighted by atomic mass is 9.92. The van der Waals surface area contributed by atoms with Crippen molar-refractivity contribution in [3.05, 3.63) is 70.4 Å². The van der Waals surface area contributed by atoms with E-state index in [1.807, 2.05) is 13.0 Å². The molecule has 1 saturated heterocycles. The standard InChI is InChI=1S/C31H31ClF2N4O6/c1-16-5-4-6-24(38-12-11-25(44-31(38)41)26-22(33)10-9-21(32)27(26)34)20-13-17(15-35-29(20)42-2)19-8-7-18(36-30(40)43-3)14-23(19)37-28(16)39/h7-10,13-16,24-25H,4-6,11-12H2,1-3H3,(H,36,40)(H,37,39)/t16?,24?,25-/m1/s1. The summed E-state index contributed by atoms with van der Waals surface area (Å²) in [5.41, 5.74) is 2.30. The summed E-state index contributed by atoms with van der Waals surface area (Å²) < 4.78 is 45.2. The van der Waals surface area contributed by atoms with Gasteiger partial charge in [0.05, 0.1) is 36.5 Å². The molecule has 1 fully saturated rings. The van der Waals surface area contributed by atoms with Crippen molar-refractivity contribution in [2.75, 3.05) is 31.4 Å². The summed E-state index contributed by atoms with van der Waals surface area (Å²) in [6, 6.07) is 8.41. The Bertz CT molecular complexity index is 1610. The summed E-state index contributed by atoms with van der Waals surface area (Å²) in [5.74, 6) is -2.12. The van der Waals surface area contributed by atoms with Gasteiger partial charge in [-0.1, -0.05) is 31.0 Å². The molecule has 10 nitrogen and oxygen atoms in total. The van der Waals surface area contributed by atoms with Crippen molar-refractivity contribution < 1.29 is 37.4 Å². The first-order valence-corrected chi connectivity index (χ1v) is 14.4. The zero-order chi connectivity index (χ0) is 31.5. The van der Waals surface area contributed by atoms with Gasteiger partial charge in [-0.05, 0) is 43.2 Å². The van der Waals surface area contributed by atoms with E-state index >= 15 is 0 Å². The van der Waals surface area contributed by atoms with E-state index in [1.54, 1.807) is 24.4 Å². The summed E-state index contributed by atoms with van der Waals surface area (Å²) in [7, 11) is 2.72. The fraction of sp³-hybridized carbons (Fsp3) is 0.355. The minimum absolute atomic E-state index is 0.115. The summed E-state index contributed by atoms with van der Waals surface area (Å²) in [6.45, 7) is 1.93. The van der Waals surface area contributed by atoms with Gasteiger partial charge in [-0.15, -0.1) is 0 Å². The van der Waals surface area contributed by atoms with Crippen LogP contribution in [0.5, 0.6) is 5.88 Å². The molecule has 3 aromatic rings. The molecule has 3 heterocycles. The number of carbonyl (C=O) groups is 3. The first-order valence-electron chi connectivity index (χ1n) is 14.1. The topological polar surface area (TPSA) is 119 Å². The van der Waals surface area contributed by atoms with Crippen LogP contribution >= 0.6 is 11.6 Å². The van der Waals surface area contributed by atoms with Gasteiger partial charge in [-0.3, -0.25) is 10.1 Å². The second kappa shape index (κ2) is 13.0. The fourth-order valence-electron chi connectivity index (χ4n) is 5.58. The van der Waals surface area contributed by atoms with Gasteiger partial charge < -0.3 is 24.4 Å². The first-order chi connectivity index (χ1) is 21.1. The van der Waals surface area contributed by atoms with Crippen molar-refractivity contribution in [3.8, 4) is 17.0 Å². The van der Waals surface area contributed by atoms with E-state index in [2.05, 4.69) is 20.4 Å². The zero-order valence-corrected chi connectivity index (χ0v) is 25.0. The highest BCUT2D eigenvalue weighted by molar-refractivity contribution is 6.30. The molecular formula is C31H31ClF2N4O6. The van der Waals surface area contributed by atoms with Gasteiger partial charge >= 0.3 is 12.2 Å². The number of hydrogen-bond donors (Lipinski definition) is 2. The molecule has 232 valence electrons. The monoisotopic (exact) mass is 628 g/mol. The summed E-state index contributed by atoms with van der Waals surface area (Å²) in [5, 5.41) is 5.30. The van der Waals surface area contributed by atoms with Crippen LogP contribution in [0.15, 0.2) is 42.6 Å². The Balaban J connectivity index is 1.54. The number of amides is 3. The van der Waals surface area contributed by atoms with Crippen LogP contribution in [0.1, 0.15) is 55.9 Å². The van der Waals surface area contributed by atoms with E-state index in [9.17, 15) is 23.2 Å². The Hall–Kier alpha value is -4.45. The number of aromatic nitrogens is 1. The SMILES string of the molecule is COC(=O)Nc1ccc2c(c1)NC(=O)C(C)CCCC(N1CC[C@H](c3c(F)ccc(Cl)c3F)OC1=O)c1cc-2cnc1OC. The van der Waals surface area contributed by atoms with Gasteiger partial charge in [0.1, 0.15) is 11.9 Å². The van der Waals surface area contributed by atoms with Gasteiger partial charge in [0.15, 0.2) is 5.82 Å². The third-order valence-corrected chi connectivity index (χ3v) is 8.19. The number of methoxy groups -OCH3 is 2. The average Bonchev–Trinajstić information content (AvgIpc) is 3.01. The van der Waals surface area contributed by atoms with Crippen molar-refractivity contribution in [1.82, 2.24) is 9.88 Å². The van der Waals surface area contributed by atoms with Gasteiger partial charge in [-0.25, -0.2) is 23.4 Å². The molecule has 2 aliphatic heterocycles. The number of pyridine rings is 1. The summed E-state index contributed by atoms with van der Waals surface area (Å²) in [4.78, 5) is 44.5. The van der Waals surface area contributed by atoms with Crippen molar-refractivity contribution in [2.24, 2.45) is 5.92 Å². The smallest absolute Gasteiger partial charge is 0.411 e. The van der Waals surface area contributed by atoms with Crippen molar-refractivity contribution in [1.29, 1.82) is 0 Å². The number of nitrogens with one attached hydrogen (secondary N) is 2. The molecule has 1 aromatic heterocycles. The fourth-order valence-corrected chi connectivity index (χ4v) is 5.74. The molecule has 13 heteroatoms. The molecule has 0 spiro atoms. The Morgan fingerprint density at radius 3 is 2.66 bits per heavy atom. The maximum atomic E-state index is 14.8. The van der Waals surface area contributed by atoms with Gasteiger partial charge in [0.25, 0.3) is 0 Å². The molecule has 0 aliphatic carbocycles. The van der Waals surface area contributed by atoms with E-state index in [-0.39, 0.29) is 35.4 Å². The Kier molecular flexibility index (Phi) is 9.19.